The van der Waals surface area contributed by atoms with E-state index in [9.17, 15) is 14.9 Å². The van der Waals surface area contributed by atoms with Crippen molar-refractivity contribution >= 4 is 28.8 Å². The third-order valence-electron chi connectivity index (χ3n) is 2.30. The number of pyridine rings is 1. The first-order valence-corrected chi connectivity index (χ1v) is 6.11. The van der Waals surface area contributed by atoms with Crippen molar-refractivity contribution in [3.05, 3.63) is 50.3 Å². The van der Waals surface area contributed by atoms with E-state index in [1.165, 1.54) is 11.3 Å². The van der Waals surface area contributed by atoms with Gasteiger partial charge in [0.2, 0.25) is 5.82 Å². The fourth-order valence-corrected chi connectivity index (χ4v) is 2.08. The van der Waals surface area contributed by atoms with Crippen molar-refractivity contribution in [2.24, 2.45) is 0 Å². The van der Waals surface area contributed by atoms with Crippen LogP contribution in [0.15, 0.2) is 29.6 Å². The molecule has 2 rings (SSSR count). The monoisotopic (exact) mass is 279 g/mol. The summed E-state index contributed by atoms with van der Waals surface area (Å²) in [5.41, 5.74) is -0.485. The standard InChI is InChI=1S/C11H9N3O4S/c15-11(16)8-3-4-9(14(17)18)10(13-8)12-6-7-2-1-5-19-7/h1-5H,6H2,(H,12,13)(H,15,16). The fourth-order valence-electron chi connectivity index (χ4n) is 1.43. The van der Waals surface area contributed by atoms with Gasteiger partial charge in [-0.1, -0.05) is 6.07 Å². The highest BCUT2D eigenvalue weighted by Crippen LogP contribution is 2.23. The number of carboxylic acid groups (broad SMARTS) is 1. The molecule has 0 aromatic carbocycles. The number of nitro groups is 1. The lowest BCUT2D eigenvalue weighted by molar-refractivity contribution is -0.384. The summed E-state index contributed by atoms with van der Waals surface area (Å²) < 4.78 is 0. The minimum Gasteiger partial charge on any atom is -0.477 e. The summed E-state index contributed by atoms with van der Waals surface area (Å²) in [6, 6.07) is 5.96. The van der Waals surface area contributed by atoms with Gasteiger partial charge in [-0.2, -0.15) is 0 Å². The highest BCUT2D eigenvalue weighted by atomic mass is 32.1. The molecule has 0 saturated heterocycles. The van der Waals surface area contributed by atoms with Crippen molar-refractivity contribution in [1.82, 2.24) is 4.98 Å². The largest absolute Gasteiger partial charge is 0.477 e. The Morgan fingerprint density at radius 2 is 2.26 bits per heavy atom. The third kappa shape index (κ3) is 3.05. The van der Waals surface area contributed by atoms with Gasteiger partial charge in [0.1, 0.15) is 0 Å². The summed E-state index contributed by atoms with van der Waals surface area (Å²) in [4.78, 5) is 25.8. The van der Waals surface area contributed by atoms with Crippen LogP contribution in [0.4, 0.5) is 11.5 Å². The van der Waals surface area contributed by atoms with Crippen LogP contribution in [0.3, 0.4) is 0 Å². The van der Waals surface area contributed by atoms with E-state index >= 15 is 0 Å². The molecular formula is C11H9N3O4S. The number of anilines is 1. The quantitative estimate of drug-likeness (QED) is 0.643. The van der Waals surface area contributed by atoms with Crippen LogP contribution >= 0.6 is 11.3 Å². The van der Waals surface area contributed by atoms with Crippen molar-refractivity contribution in [2.45, 2.75) is 6.54 Å². The van der Waals surface area contributed by atoms with Crippen LogP contribution in [0.2, 0.25) is 0 Å². The Labute approximate surface area is 111 Å². The molecule has 8 heteroatoms. The van der Waals surface area contributed by atoms with Crippen LogP contribution in [0.25, 0.3) is 0 Å². The second kappa shape index (κ2) is 5.44. The molecule has 0 radical (unpaired) electrons. The molecule has 0 bridgehead atoms. The summed E-state index contributed by atoms with van der Waals surface area (Å²) >= 11 is 1.49. The first-order valence-electron chi connectivity index (χ1n) is 5.23. The molecule has 19 heavy (non-hydrogen) atoms. The van der Waals surface area contributed by atoms with Crippen molar-refractivity contribution in [3.8, 4) is 0 Å². The van der Waals surface area contributed by atoms with Crippen molar-refractivity contribution in [1.29, 1.82) is 0 Å². The Morgan fingerprint density at radius 3 is 2.84 bits per heavy atom. The molecule has 0 unspecified atom stereocenters. The molecule has 7 nitrogen and oxygen atoms in total. The van der Waals surface area contributed by atoms with Crippen molar-refractivity contribution in [2.75, 3.05) is 5.32 Å². The zero-order valence-corrected chi connectivity index (χ0v) is 10.4. The van der Waals surface area contributed by atoms with E-state index in [4.69, 9.17) is 5.11 Å². The highest BCUT2D eigenvalue weighted by molar-refractivity contribution is 7.09. The smallest absolute Gasteiger partial charge is 0.354 e. The molecule has 2 aromatic rings. The molecular weight excluding hydrogens is 270 g/mol. The first-order chi connectivity index (χ1) is 9.08. The molecule has 0 spiro atoms. The number of hydrogen-bond acceptors (Lipinski definition) is 6. The number of aromatic carboxylic acids is 1. The Balaban J connectivity index is 2.27. The van der Waals surface area contributed by atoms with Crippen LogP contribution in [-0.2, 0) is 6.54 Å². The molecule has 2 heterocycles. The second-order valence-corrected chi connectivity index (χ2v) is 4.59. The maximum atomic E-state index is 10.8. The highest BCUT2D eigenvalue weighted by Gasteiger charge is 2.18. The molecule has 0 aliphatic heterocycles. The summed E-state index contributed by atoms with van der Waals surface area (Å²) in [6.45, 7) is 0.356. The maximum absolute atomic E-state index is 10.8. The molecule has 0 saturated carbocycles. The zero-order chi connectivity index (χ0) is 13.8. The number of hydrogen-bond donors (Lipinski definition) is 2. The van der Waals surface area contributed by atoms with E-state index < -0.39 is 10.9 Å². The fraction of sp³-hybridized carbons (Fsp3) is 0.0909. The lowest BCUT2D eigenvalue weighted by Crippen LogP contribution is -2.08. The number of nitrogens with zero attached hydrogens (tertiary/aromatic N) is 2. The van der Waals surface area contributed by atoms with Gasteiger partial charge in [-0.05, 0) is 17.5 Å². The van der Waals surface area contributed by atoms with Gasteiger partial charge in [-0.25, -0.2) is 9.78 Å². The Morgan fingerprint density at radius 1 is 1.47 bits per heavy atom. The van der Waals surface area contributed by atoms with E-state index in [1.54, 1.807) is 0 Å². The topological polar surface area (TPSA) is 105 Å². The molecule has 98 valence electrons. The minimum absolute atomic E-state index is 0.0432. The Hall–Kier alpha value is -2.48. The first kappa shape index (κ1) is 13.0. The van der Waals surface area contributed by atoms with Crippen LogP contribution in [-0.4, -0.2) is 21.0 Å². The van der Waals surface area contributed by atoms with E-state index in [0.29, 0.717) is 6.54 Å². The van der Waals surface area contributed by atoms with Gasteiger partial charge in [0.15, 0.2) is 5.69 Å². The number of rotatable bonds is 5. The lowest BCUT2D eigenvalue weighted by atomic mass is 10.3. The number of aromatic nitrogens is 1. The molecule has 0 atom stereocenters. The number of carboxylic acids is 1. The average molecular weight is 279 g/mol. The van der Waals surface area contributed by atoms with Gasteiger partial charge >= 0.3 is 11.7 Å². The summed E-state index contributed by atoms with van der Waals surface area (Å²) in [6.07, 6.45) is 0. The van der Waals surface area contributed by atoms with Gasteiger partial charge in [0, 0.05) is 10.9 Å². The van der Waals surface area contributed by atoms with Crippen LogP contribution in [0.5, 0.6) is 0 Å². The van der Waals surface area contributed by atoms with Gasteiger partial charge in [0.25, 0.3) is 0 Å². The molecule has 0 aliphatic rings. The van der Waals surface area contributed by atoms with Gasteiger partial charge in [-0.15, -0.1) is 11.3 Å². The van der Waals surface area contributed by atoms with Gasteiger partial charge in [-0.3, -0.25) is 10.1 Å². The van der Waals surface area contributed by atoms with Crippen molar-refractivity contribution < 1.29 is 14.8 Å². The second-order valence-electron chi connectivity index (χ2n) is 3.56. The zero-order valence-electron chi connectivity index (χ0n) is 9.57. The summed E-state index contributed by atoms with van der Waals surface area (Å²) in [5, 5.41) is 24.3. The lowest BCUT2D eigenvalue weighted by Gasteiger charge is -2.05. The SMILES string of the molecule is O=C(O)c1ccc([N+](=O)[O-])c(NCc2cccs2)n1. The number of nitrogens with one attached hydrogen (secondary N) is 1. The molecule has 2 N–H and O–H groups in total. The van der Waals surface area contributed by atoms with Crippen LogP contribution in [0.1, 0.15) is 15.4 Å². The third-order valence-corrected chi connectivity index (χ3v) is 3.18. The predicted octanol–water partition coefficient (Wildman–Crippen LogP) is 2.36. The van der Waals surface area contributed by atoms with Gasteiger partial charge < -0.3 is 10.4 Å². The van der Waals surface area contributed by atoms with E-state index in [1.807, 2.05) is 17.5 Å². The minimum atomic E-state index is -1.23. The average Bonchev–Trinajstić information content (AvgIpc) is 2.88. The van der Waals surface area contributed by atoms with E-state index in [2.05, 4.69) is 10.3 Å². The summed E-state index contributed by atoms with van der Waals surface area (Å²) in [5.74, 6) is -1.27. The van der Waals surface area contributed by atoms with Crippen LogP contribution in [0, 0.1) is 10.1 Å². The number of thiophene rings is 1. The molecule has 0 aliphatic carbocycles. The van der Waals surface area contributed by atoms with Crippen LogP contribution < -0.4 is 5.32 Å². The number of carbonyl (C=O) groups is 1. The predicted molar refractivity (Wildman–Crippen MR) is 69.5 cm³/mol. The molecule has 0 fully saturated rings. The normalized spacial score (nSPS) is 10.1. The van der Waals surface area contributed by atoms with E-state index in [-0.39, 0.29) is 17.2 Å². The van der Waals surface area contributed by atoms with E-state index in [0.717, 1.165) is 17.0 Å². The summed E-state index contributed by atoms with van der Waals surface area (Å²) in [7, 11) is 0. The van der Waals surface area contributed by atoms with Gasteiger partial charge in [0.05, 0.1) is 11.5 Å². The van der Waals surface area contributed by atoms with Crippen molar-refractivity contribution in [3.63, 3.8) is 0 Å². The Bertz CT molecular complexity index is 612. The maximum Gasteiger partial charge on any atom is 0.354 e. The Kier molecular flexibility index (Phi) is 3.71. The molecule has 0 amide bonds. The molecule has 2 aromatic heterocycles.